The summed E-state index contributed by atoms with van der Waals surface area (Å²) in [6.45, 7) is 3.57. The van der Waals surface area contributed by atoms with E-state index in [1.807, 2.05) is 0 Å². The summed E-state index contributed by atoms with van der Waals surface area (Å²) in [5.74, 6) is 0.762. The molecule has 0 aliphatic carbocycles. The van der Waals surface area contributed by atoms with Crippen LogP contribution in [-0.2, 0) is 7.05 Å². The van der Waals surface area contributed by atoms with Gasteiger partial charge in [0.1, 0.15) is 0 Å². The number of H-pyrrole nitrogens is 1. The van der Waals surface area contributed by atoms with E-state index < -0.39 is 0 Å². The van der Waals surface area contributed by atoms with Gasteiger partial charge in [0.2, 0.25) is 0 Å². The van der Waals surface area contributed by atoms with Crippen LogP contribution in [0.5, 0.6) is 0 Å². The first kappa shape index (κ1) is 8.13. The van der Waals surface area contributed by atoms with Gasteiger partial charge in [0.25, 0.3) is 0 Å². The number of hydrogen-bond acceptors (Lipinski definition) is 3. The monoisotopic (exact) mass is 171 g/mol. The molecule has 0 aliphatic rings. The van der Waals surface area contributed by atoms with Gasteiger partial charge >= 0.3 is 5.69 Å². The van der Waals surface area contributed by atoms with E-state index in [9.17, 15) is 4.79 Å². The van der Waals surface area contributed by atoms with Crippen LogP contribution in [0, 0.1) is 0 Å². The zero-order valence-electron chi connectivity index (χ0n) is 6.20. The third-order valence-electron chi connectivity index (χ3n) is 1.17. The molecule has 1 aromatic heterocycles. The Balaban J connectivity index is 2.78. The Morgan fingerprint density at radius 2 is 2.64 bits per heavy atom. The number of aromatic amines is 1. The van der Waals surface area contributed by atoms with E-state index in [0.717, 1.165) is 5.75 Å². The molecule has 0 aliphatic heterocycles. The molecule has 1 N–H and O–H groups in total. The molecule has 0 fully saturated rings. The van der Waals surface area contributed by atoms with Crippen molar-refractivity contribution in [1.29, 1.82) is 0 Å². The van der Waals surface area contributed by atoms with Crippen LogP contribution in [0.4, 0.5) is 0 Å². The fourth-order valence-electron chi connectivity index (χ4n) is 0.595. The van der Waals surface area contributed by atoms with Crippen LogP contribution in [0.15, 0.2) is 22.6 Å². The molecule has 1 heterocycles. The highest BCUT2D eigenvalue weighted by Crippen LogP contribution is 2.10. The molecular formula is C6H9N3OS. The summed E-state index contributed by atoms with van der Waals surface area (Å²) in [5.41, 5.74) is -0.184. The number of nitrogens with one attached hydrogen (secondary N) is 1. The van der Waals surface area contributed by atoms with Crippen LogP contribution in [-0.4, -0.2) is 20.5 Å². The first-order valence-electron chi connectivity index (χ1n) is 3.11. The van der Waals surface area contributed by atoms with Crippen LogP contribution in [0.2, 0.25) is 0 Å². The quantitative estimate of drug-likeness (QED) is 0.528. The van der Waals surface area contributed by atoms with Gasteiger partial charge < -0.3 is 0 Å². The predicted molar refractivity (Wildman–Crippen MR) is 44.7 cm³/mol. The van der Waals surface area contributed by atoms with Gasteiger partial charge in [-0.25, -0.2) is 9.89 Å². The van der Waals surface area contributed by atoms with Crippen molar-refractivity contribution in [3.05, 3.63) is 23.1 Å². The fourth-order valence-corrected chi connectivity index (χ4v) is 1.25. The van der Waals surface area contributed by atoms with Crippen molar-refractivity contribution < 1.29 is 0 Å². The normalized spacial score (nSPS) is 9.91. The van der Waals surface area contributed by atoms with Gasteiger partial charge in [-0.2, -0.15) is 0 Å². The summed E-state index contributed by atoms with van der Waals surface area (Å²) in [6, 6.07) is 0. The van der Waals surface area contributed by atoms with E-state index in [0.29, 0.717) is 5.16 Å². The molecule has 0 radical (unpaired) electrons. The minimum atomic E-state index is -0.184. The summed E-state index contributed by atoms with van der Waals surface area (Å²) in [6.07, 6.45) is 1.77. The molecule has 5 heteroatoms. The van der Waals surface area contributed by atoms with Crippen molar-refractivity contribution in [3.63, 3.8) is 0 Å². The molecule has 0 saturated heterocycles. The third-order valence-corrected chi connectivity index (χ3v) is 2.19. The first-order valence-corrected chi connectivity index (χ1v) is 4.09. The van der Waals surface area contributed by atoms with Gasteiger partial charge in [0.05, 0.1) is 0 Å². The highest BCUT2D eigenvalue weighted by molar-refractivity contribution is 7.99. The lowest BCUT2D eigenvalue weighted by Gasteiger charge is -1.93. The largest absolute Gasteiger partial charge is 0.343 e. The van der Waals surface area contributed by atoms with Gasteiger partial charge in [0.15, 0.2) is 5.16 Å². The maximum absolute atomic E-state index is 10.8. The van der Waals surface area contributed by atoms with Crippen LogP contribution in [0.25, 0.3) is 0 Å². The second kappa shape index (κ2) is 3.43. The Labute approximate surface area is 68.3 Å². The summed E-state index contributed by atoms with van der Waals surface area (Å²) >= 11 is 1.47. The number of thioether (sulfide) groups is 1. The number of hydrogen-bond donors (Lipinski definition) is 1. The van der Waals surface area contributed by atoms with Gasteiger partial charge in [-0.15, -0.1) is 11.7 Å². The summed E-state index contributed by atoms with van der Waals surface area (Å²) in [5, 5.41) is 6.83. The minimum absolute atomic E-state index is 0.184. The van der Waals surface area contributed by atoms with Gasteiger partial charge in [-0.1, -0.05) is 17.8 Å². The third kappa shape index (κ3) is 1.74. The van der Waals surface area contributed by atoms with Crippen molar-refractivity contribution >= 4 is 11.8 Å². The number of nitrogens with zero attached hydrogens (tertiary/aromatic N) is 2. The molecule has 60 valence electrons. The Kier molecular flexibility index (Phi) is 2.53. The molecule has 1 aromatic rings. The van der Waals surface area contributed by atoms with E-state index in [1.165, 1.54) is 16.3 Å². The van der Waals surface area contributed by atoms with Crippen molar-refractivity contribution in [2.24, 2.45) is 7.05 Å². The predicted octanol–water partition coefficient (Wildman–Crippen LogP) is 0.387. The first-order chi connectivity index (χ1) is 5.25. The van der Waals surface area contributed by atoms with Crippen LogP contribution in [0.1, 0.15) is 0 Å². The van der Waals surface area contributed by atoms with Crippen LogP contribution < -0.4 is 5.69 Å². The topological polar surface area (TPSA) is 50.7 Å². The number of aromatic nitrogens is 3. The Bertz CT molecular complexity index is 301. The highest BCUT2D eigenvalue weighted by atomic mass is 32.2. The number of rotatable bonds is 3. The molecule has 11 heavy (non-hydrogen) atoms. The van der Waals surface area contributed by atoms with E-state index in [-0.39, 0.29) is 5.69 Å². The summed E-state index contributed by atoms with van der Waals surface area (Å²) < 4.78 is 1.47. The lowest BCUT2D eigenvalue weighted by molar-refractivity contribution is 0.766. The van der Waals surface area contributed by atoms with Gasteiger partial charge in [-0.05, 0) is 0 Å². The second-order valence-corrected chi connectivity index (χ2v) is 2.96. The molecule has 0 spiro atoms. The van der Waals surface area contributed by atoms with Crippen molar-refractivity contribution in [2.75, 3.05) is 5.75 Å². The average Bonchev–Trinajstić information content (AvgIpc) is 2.31. The lowest BCUT2D eigenvalue weighted by atomic mass is 10.8. The maximum atomic E-state index is 10.8. The van der Waals surface area contributed by atoms with E-state index >= 15 is 0 Å². The van der Waals surface area contributed by atoms with Crippen molar-refractivity contribution in [1.82, 2.24) is 14.8 Å². The molecule has 0 amide bonds. The zero-order valence-corrected chi connectivity index (χ0v) is 7.02. The lowest BCUT2D eigenvalue weighted by Crippen LogP contribution is -2.12. The van der Waals surface area contributed by atoms with Crippen LogP contribution in [0.3, 0.4) is 0 Å². The Hall–Kier alpha value is -0.970. The average molecular weight is 171 g/mol. The molecule has 0 bridgehead atoms. The standard InChI is InChI=1S/C6H9N3OS/c1-3-4-11-6-8-7-5(10)9(6)2/h3H,1,4H2,2H3,(H,7,10). The van der Waals surface area contributed by atoms with E-state index in [1.54, 1.807) is 13.1 Å². The Morgan fingerprint density at radius 3 is 3.09 bits per heavy atom. The van der Waals surface area contributed by atoms with Crippen LogP contribution >= 0.6 is 11.8 Å². The van der Waals surface area contributed by atoms with Crippen molar-refractivity contribution in [3.8, 4) is 0 Å². The van der Waals surface area contributed by atoms with Crippen molar-refractivity contribution in [2.45, 2.75) is 5.16 Å². The molecule has 0 unspecified atom stereocenters. The smallest absolute Gasteiger partial charge is 0.273 e. The van der Waals surface area contributed by atoms with Gasteiger partial charge in [-0.3, -0.25) is 4.57 Å². The van der Waals surface area contributed by atoms with Gasteiger partial charge in [0, 0.05) is 12.8 Å². The summed E-state index contributed by atoms with van der Waals surface area (Å²) in [7, 11) is 1.68. The molecular weight excluding hydrogens is 162 g/mol. The zero-order chi connectivity index (χ0) is 8.27. The van der Waals surface area contributed by atoms with E-state index in [2.05, 4.69) is 16.8 Å². The minimum Gasteiger partial charge on any atom is -0.273 e. The molecule has 0 saturated carbocycles. The maximum Gasteiger partial charge on any atom is 0.343 e. The fraction of sp³-hybridized carbons (Fsp3) is 0.333. The second-order valence-electron chi connectivity index (χ2n) is 1.97. The molecule has 4 nitrogen and oxygen atoms in total. The Morgan fingerprint density at radius 1 is 1.91 bits per heavy atom. The highest BCUT2D eigenvalue weighted by Gasteiger charge is 2.01. The molecule has 1 rings (SSSR count). The SMILES string of the molecule is C=CCSc1n[nH]c(=O)n1C. The molecule has 0 aromatic carbocycles. The summed E-state index contributed by atoms with van der Waals surface area (Å²) in [4.78, 5) is 10.8. The molecule has 0 atom stereocenters. The van der Waals surface area contributed by atoms with E-state index in [4.69, 9.17) is 0 Å².